The van der Waals surface area contributed by atoms with E-state index in [2.05, 4.69) is 6.92 Å². The number of rotatable bonds is 20. The predicted octanol–water partition coefficient (Wildman–Crippen LogP) is 8.55. The van der Waals surface area contributed by atoms with E-state index in [1.165, 1.54) is 103 Å². The first-order valence-corrected chi connectivity index (χ1v) is 12.5. The molecule has 1 N–H and O–H groups in total. The van der Waals surface area contributed by atoms with Crippen molar-refractivity contribution in [1.29, 1.82) is 0 Å². The fraction of sp³-hybridized carbons (Fsp3) is 0.741. The van der Waals surface area contributed by atoms with Crippen LogP contribution in [0.25, 0.3) is 0 Å². The molecule has 0 aliphatic heterocycles. The topological polar surface area (TPSA) is 37.3 Å². The summed E-state index contributed by atoms with van der Waals surface area (Å²) in [7, 11) is 0. The molecule has 0 amide bonds. The average molecular weight is 403 g/mol. The lowest BCUT2D eigenvalue weighted by molar-refractivity contribution is -0.118. The summed E-state index contributed by atoms with van der Waals surface area (Å²) in [6.45, 7) is 2.28. The third-order valence-electron chi connectivity index (χ3n) is 5.90. The molecule has 0 atom stereocenters. The standard InChI is InChI=1S/C27H46O2/c1-2-3-4-5-6-7-8-9-10-11-12-13-14-15-16-17-18-19-27(29)24-25-20-22-26(28)23-21-25/h20-23,28H,2-19,24H2,1H3. The van der Waals surface area contributed by atoms with Gasteiger partial charge in [0.2, 0.25) is 0 Å². The molecule has 0 fully saturated rings. The molecule has 29 heavy (non-hydrogen) atoms. The van der Waals surface area contributed by atoms with Crippen molar-refractivity contribution in [2.75, 3.05) is 0 Å². The van der Waals surface area contributed by atoms with Gasteiger partial charge in [-0.1, -0.05) is 122 Å². The summed E-state index contributed by atoms with van der Waals surface area (Å²) in [5.41, 5.74) is 1.000. The van der Waals surface area contributed by atoms with Crippen LogP contribution >= 0.6 is 0 Å². The normalized spacial score (nSPS) is 11.1. The molecule has 0 unspecified atom stereocenters. The van der Waals surface area contributed by atoms with Gasteiger partial charge in [-0.2, -0.15) is 0 Å². The number of unbranched alkanes of at least 4 members (excludes halogenated alkanes) is 16. The first kappa shape index (κ1) is 25.7. The lowest BCUT2D eigenvalue weighted by Gasteiger charge is -2.04. The molecule has 0 aromatic heterocycles. The zero-order valence-corrected chi connectivity index (χ0v) is 19.1. The van der Waals surface area contributed by atoms with Crippen LogP contribution in [0.4, 0.5) is 0 Å². The minimum Gasteiger partial charge on any atom is -0.508 e. The van der Waals surface area contributed by atoms with E-state index in [4.69, 9.17) is 0 Å². The maximum atomic E-state index is 12.0. The molecular formula is C27H46O2. The first-order valence-electron chi connectivity index (χ1n) is 12.5. The Bertz CT molecular complexity index is 492. The zero-order valence-electron chi connectivity index (χ0n) is 19.1. The summed E-state index contributed by atoms with van der Waals surface area (Å²) in [5, 5.41) is 9.27. The van der Waals surface area contributed by atoms with Crippen LogP contribution in [0.1, 0.15) is 128 Å². The van der Waals surface area contributed by atoms with Gasteiger partial charge in [0.05, 0.1) is 0 Å². The number of hydrogen-bond acceptors (Lipinski definition) is 2. The van der Waals surface area contributed by atoms with Gasteiger partial charge in [0, 0.05) is 12.8 Å². The van der Waals surface area contributed by atoms with Gasteiger partial charge in [0.25, 0.3) is 0 Å². The monoisotopic (exact) mass is 402 g/mol. The highest BCUT2D eigenvalue weighted by molar-refractivity contribution is 5.80. The first-order chi connectivity index (χ1) is 14.2. The highest BCUT2D eigenvalue weighted by Crippen LogP contribution is 2.15. The summed E-state index contributed by atoms with van der Waals surface area (Å²) in [6.07, 6.45) is 24.4. The van der Waals surface area contributed by atoms with Crippen molar-refractivity contribution in [2.24, 2.45) is 0 Å². The molecular weight excluding hydrogens is 356 g/mol. The third kappa shape index (κ3) is 16.2. The van der Waals surface area contributed by atoms with E-state index >= 15 is 0 Å². The van der Waals surface area contributed by atoms with Gasteiger partial charge in [0.1, 0.15) is 11.5 Å². The minimum atomic E-state index is 0.259. The Hall–Kier alpha value is -1.31. The van der Waals surface area contributed by atoms with E-state index in [-0.39, 0.29) is 5.75 Å². The maximum Gasteiger partial charge on any atom is 0.137 e. The lowest BCUT2D eigenvalue weighted by atomic mass is 10.0. The summed E-state index contributed by atoms with van der Waals surface area (Å²) >= 11 is 0. The highest BCUT2D eigenvalue weighted by atomic mass is 16.3. The number of aromatic hydroxyl groups is 1. The van der Waals surface area contributed by atoms with Crippen LogP contribution in [-0.4, -0.2) is 10.9 Å². The van der Waals surface area contributed by atoms with Gasteiger partial charge in [0.15, 0.2) is 0 Å². The second-order valence-corrected chi connectivity index (χ2v) is 8.79. The number of benzene rings is 1. The third-order valence-corrected chi connectivity index (χ3v) is 5.90. The summed E-state index contributed by atoms with van der Waals surface area (Å²) in [5.74, 6) is 0.575. The summed E-state index contributed by atoms with van der Waals surface area (Å²) < 4.78 is 0. The Balaban J connectivity index is 1.77. The van der Waals surface area contributed by atoms with Crippen molar-refractivity contribution in [3.8, 4) is 5.75 Å². The van der Waals surface area contributed by atoms with Crippen LogP contribution < -0.4 is 0 Å². The molecule has 2 nitrogen and oxygen atoms in total. The zero-order chi connectivity index (χ0) is 21.0. The maximum absolute atomic E-state index is 12.0. The van der Waals surface area contributed by atoms with Crippen molar-refractivity contribution >= 4 is 5.78 Å². The Labute approximate surface area is 180 Å². The van der Waals surface area contributed by atoms with Crippen LogP contribution in [0.5, 0.6) is 5.75 Å². The summed E-state index contributed by atoms with van der Waals surface area (Å²) in [6, 6.07) is 6.97. The second kappa shape index (κ2) is 18.7. The molecule has 1 rings (SSSR count). The molecule has 0 spiro atoms. The van der Waals surface area contributed by atoms with Crippen molar-refractivity contribution in [3.63, 3.8) is 0 Å². The van der Waals surface area contributed by atoms with E-state index in [1.807, 2.05) is 12.1 Å². The number of carbonyl (C=O) groups is 1. The van der Waals surface area contributed by atoms with Crippen molar-refractivity contribution in [1.82, 2.24) is 0 Å². The van der Waals surface area contributed by atoms with Crippen LogP contribution in [0.3, 0.4) is 0 Å². The van der Waals surface area contributed by atoms with Crippen LogP contribution in [0.15, 0.2) is 24.3 Å². The molecule has 0 heterocycles. The fourth-order valence-corrected chi connectivity index (χ4v) is 3.98. The minimum absolute atomic E-state index is 0.259. The highest BCUT2D eigenvalue weighted by Gasteiger charge is 2.04. The van der Waals surface area contributed by atoms with Gasteiger partial charge in [-0.15, -0.1) is 0 Å². The molecule has 1 aromatic carbocycles. The Morgan fingerprint density at radius 3 is 1.41 bits per heavy atom. The largest absolute Gasteiger partial charge is 0.508 e. The molecule has 0 radical (unpaired) electrons. The number of hydrogen-bond donors (Lipinski definition) is 1. The predicted molar refractivity (Wildman–Crippen MR) is 126 cm³/mol. The Kier molecular flexibility index (Phi) is 16.6. The summed E-state index contributed by atoms with van der Waals surface area (Å²) in [4.78, 5) is 12.0. The van der Waals surface area contributed by atoms with E-state index in [9.17, 15) is 9.90 Å². The number of Topliss-reactive ketones (excluding diaryl/α,β-unsaturated/α-hetero) is 1. The van der Waals surface area contributed by atoms with Gasteiger partial charge in [-0.3, -0.25) is 4.79 Å². The number of carbonyl (C=O) groups excluding carboxylic acids is 1. The van der Waals surface area contributed by atoms with Gasteiger partial charge < -0.3 is 5.11 Å². The smallest absolute Gasteiger partial charge is 0.137 e. The van der Waals surface area contributed by atoms with E-state index < -0.39 is 0 Å². The molecule has 0 aliphatic carbocycles. The molecule has 0 bridgehead atoms. The average Bonchev–Trinajstić information content (AvgIpc) is 2.72. The number of ketones is 1. The van der Waals surface area contributed by atoms with Crippen molar-refractivity contribution in [2.45, 2.75) is 129 Å². The second-order valence-electron chi connectivity index (χ2n) is 8.79. The van der Waals surface area contributed by atoms with E-state index in [1.54, 1.807) is 12.1 Å². The quantitative estimate of drug-likeness (QED) is 0.222. The SMILES string of the molecule is CCCCCCCCCCCCCCCCCCCC(=O)Cc1ccc(O)cc1. The lowest BCUT2D eigenvalue weighted by Crippen LogP contribution is -2.02. The molecule has 1 aromatic rings. The fourth-order valence-electron chi connectivity index (χ4n) is 3.98. The molecule has 2 heteroatoms. The van der Waals surface area contributed by atoms with Crippen molar-refractivity contribution in [3.05, 3.63) is 29.8 Å². The Morgan fingerprint density at radius 2 is 1.00 bits per heavy atom. The molecule has 0 saturated heterocycles. The molecule has 166 valence electrons. The van der Waals surface area contributed by atoms with Crippen LogP contribution in [0.2, 0.25) is 0 Å². The van der Waals surface area contributed by atoms with Gasteiger partial charge in [-0.05, 0) is 24.1 Å². The van der Waals surface area contributed by atoms with Gasteiger partial charge in [-0.25, -0.2) is 0 Å². The van der Waals surface area contributed by atoms with Crippen LogP contribution in [-0.2, 0) is 11.2 Å². The Morgan fingerprint density at radius 1 is 0.621 bits per heavy atom. The van der Waals surface area contributed by atoms with Crippen LogP contribution in [0, 0.1) is 0 Å². The van der Waals surface area contributed by atoms with E-state index in [0.717, 1.165) is 12.0 Å². The van der Waals surface area contributed by atoms with Crippen molar-refractivity contribution < 1.29 is 9.90 Å². The number of phenolic OH excluding ortho intramolecular Hbond substituents is 1. The van der Waals surface area contributed by atoms with E-state index in [0.29, 0.717) is 18.6 Å². The molecule has 0 saturated carbocycles. The molecule has 0 aliphatic rings. The van der Waals surface area contributed by atoms with Gasteiger partial charge >= 0.3 is 0 Å². The number of phenols is 1.